The van der Waals surface area contributed by atoms with Crippen LogP contribution >= 0.6 is 0 Å². The van der Waals surface area contributed by atoms with E-state index in [0.29, 0.717) is 13.0 Å². The van der Waals surface area contributed by atoms with Crippen LogP contribution in [0.1, 0.15) is 38.5 Å². The van der Waals surface area contributed by atoms with E-state index in [0.717, 1.165) is 19.3 Å². The molecule has 1 aliphatic rings. The van der Waals surface area contributed by atoms with Crippen LogP contribution in [-0.4, -0.2) is 36.0 Å². The summed E-state index contributed by atoms with van der Waals surface area (Å²) in [4.78, 5) is 36.0. The Hall–Kier alpha value is -2.44. The first-order valence-electron chi connectivity index (χ1n) is 8.53. The van der Waals surface area contributed by atoms with Crippen LogP contribution in [0.4, 0.5) is 10.1 Å². The number of nitrogens with zero attached hydrogens (tertiary/aromatic N) is 1. The smallest absolute Gasteiger partial charge is 0.303 e. The molecule has 7 heteroatoms. The van der Waals surface area contributed by atoms with Crippen molar-refractivity contribution in [1.29, 1.82) is 0 Å². The number of rotatable bonds is 9. The largest absolute Gasteiger partial charge is 0.481 e. The number of amides is 2. The number of unbranched alkanes of at least 4 members (excludes halogenated alkanes) is 3. The molecule has 1 fully saturated rings. The molecule has 2 rings (SSSR count). The maximum absolute atomic E-state index is 13.8. The zero-order chi connectivity index (χ0) is 18.2. The van der Waals surface area contributed by atoms with Gasteiger partial charge in [0.15, 0.2) is 0 Å². The summed E-state index contributed by atoms with van der Waals surface area (Å²) in [6, 6.07) is 6.04. The topological polar surface area (TPSA) is 86.7 Å². The highest BCUT2D eigenvalue weighted by molar-refractivity contribution is 6.00. The molecule has 6 nitrogen and oxygen atoms in total. The van der Waals surface area contributed by atoms with E-state index < -0.39 is 17.7 Å². The van der Waals surface area contributed by atoms with Crippen molar-refractivity contribution in [2.75, 3.05) is 18.0 Å². The molecule has 2 amide bonds. The van der Waals surface area contributed by atoms with Gasteiger partial charge in [-0.2, -0.15) is 0 Å². The third kappa shape index (κ3) is 5.55. The first kappa shape index (κ1) is 18.9. The van der Waals surface area contributed by atoms with Crippen LogP contribution < -0.4 is 10.2 Å². The minimum atomic E-state index is -0.793. The molecule has 0 spiro atoms. The molecule has 1 atom stereocenters. The zero-order valence-electron chi connectivity index (χ0n) is 14.0. The highest BCUT2D eigenvalue weighted by atomic mass is 19.1. The van der Waals surface area contributed by atoms with Gasteiger partial charge in [-0.05, 0) is 25.0 Å². The predicted octanol–water partition coefficient (Wildman–Crippen LogP) is 2.33. The Bertz CT molecular complexity index is 635. The highest BCUT2D eigenvalue weighted by Crippen LogP contribution is 2.27. The normalized spacial score (nSPS) is 16.9. The summed E-state index contributed by atoms with van der Waals surface area (Å²) in [5.41, 5.74) is 0.209. The lowest BCUT2D eigenvalue weighted by molar-refractivity contribution is -0.137. The van der Waals surface area contributed by atoms with Crippen molar-refractivity contribution in [2.45, 2.75) is 38.5 Å². The van der Waals surface area contributed by atoms with E-state index in [4.69, 9.17) is 5.11 Å². The van der Waals surface area contributed by atoms with Crippen LogP contribution in [0.2, 0.25) is 0 Å². The summed E-state index contributed by atoms with van der Waals surface area (Å²) in [5, 5.41) is 11.3. The third-order valence-corrected chi connectivity index (χ3v) is 4.26. The van der Waals surface area contributed by atoms with Gasteiger partial charge < -0.3 is 15.3 Å². The summed E-state index contributed by atoms with van der Waals surface area (Å²) < 4.78 is 13.8. The van der Waals surface area contributed by atoms with Gasteiger partial charge >= 0.3 is 5.97 Å². The average molecular weight is 350 g/mol. The quantitative estimate of drug-likeness (QED) is 0.669. The number of carbonyl (C=O) groups is 3. The third-order valence-electron chi connectivity index (χ3n) is 4.26. The fraction of sp³-hybridized carbons (Fsp3) is 0.500. The maximum Gasteiger partial charge on any atom is 0.303 e. The molecule has 1 aromatic carbocycles. The number of halogens is 1. The van der Waals surface area contributed by atoms with Crippen molar-refractivity contribution >= 4 is 23.5 Å². The van der Waals surface area contributed by atoms with Gasteiger partial charge in [0.1, 0.15) is 5.82 Å². The molecule has 1 heterocycles. The van der Waals surface area contributed by atoms with Crippen molar-refractivity contribution in [2.24, 2.45) is 5.92 Å². The Labute approximate surface area is 146 Å². The van der Waals surface area contributed by atoms with Gasteiger partial charge in [-0.3, -0.25) is 14.4 Å². The lowest BCUT2D eigenvalue weighted by Gasteiger charge is -2.17. The number of nitrogens with one attached hydrogen (secondary N) is 1. The molecule has 0 aromatic heterocycles. The number of benzene rings is 1. The van der Waals surface area contributed by atoms with Gasteiger partial charge in [0, 0.05) is 25.9 Å². The summed E-state index contributed by atoms with van der Waals surface area (Å²) in [7, 11) is 0. The average Bonchev–Trinajstić information content (AvgIpc) is 2.96. The van der Waals surface area contributed by atoms with Crippen LogP contribution in [-0.2, 0) is 14.4 Å². The molecule has 0 aliphatic carbocycles. The number of carboxylic acids is 1. The van der Waals surface area contributed by atoms with Crippen LogP contribution in [0, 0.1) is 11.7 Å². The Morgan fingerprint density at radius 2 is 1.92 bits per heavy atom. The number of hydrogen-bond donors (Lipinski definition) is 2. The van der Waals surface area contributed by atoms with Gasteiger partial charge in [0.25, 0.3) is 0 Å². The van der Waals surface area contributed by atoms with Crippen LogP contribution in [0.25, 0.3) is 0 Å². The number of carbonyl (C=O) groups excluding carboxylic acids is 2. The lowest BCUT2D eigenvalue weighted by atomic mass is 10.1. The second-order valence-corrected chi connectivity index (χ2v) is 6.21. The Balaban J connectivity index is 1.72. The number of aliphatic carboxylic acids is 1. The standard InChI is InChI=1S/C18H23FN2O4/c19-14-7-4-5-8-15(14)21-12-13(11-16(21)22)18(25)20-10-6-2-1-3-9-17(23)24/h4-5,7-8,13H,1-3,6,9-12H2,(H,20,25)(H,23,24). The molecular formula is C18H23FN2O4. The van der Waals surface area contributed by atoms with Crippen molar-refractivity contribution in [3.63, 3.8) is 0 Å². The molecule has 1 aliphatic heterocycles. The van der Waals surface area contributed by atoms with Gasteiger partial charge in [0.2, 0.25) is 11.8 Å². The van der Waals surface area contributed by atoms with Gasteiger partial charge in [-0.1, -0.05) is 25.0 Å². The molecule has 0 radical (unpaired) electrons. The van der Waals surface area contributed by atoms with Crippen LogP contribution in [0.5, 0.6) is 0 Å². The predicted molar refractivity (Wildman–Crippen MR) is 90.6 cm³/mol. The Kier molecular flexibility index (Phi) is 6.91. The van der Waals surface area contributed by atoms with Crippen molar-refractivity contribution in [3.05, 3.63) is 30.1 Å². The lowest BCUT2D eigenvalue weighted by Crippen LogP contribution is -2.33. The minimum Gasteiger partial charge on any atom is -0.481 e. The molecule has 1 saturated heterocycles. The van der Waals surface area contributed by atoms with Crippen molar-refractivity contribution < 1.29 is 23.9 Å². The molecular weight excluding hydrogens is 327 g/mol. The SMILES string of the molecule is O=C(O)CCCCCCNC(=O)C1CC(=O)N(c2ccccc2F)C1. The molecule has 1 unspecified atom stereocenters. The number of anilines is 1. The van der Waals surface area contributed by atoms with Crippen LogP contribution in [0.15, 0.2) is 24.3 Å². The highest BCUT2D eigenvalue weighted by Gasteiger charge is 2.35. The number of carboxylic acid groups (broad SMARTS) is 1. The van der Waals surface area contributed by atoms with E-state index >= 15 is 0 Å². The van der Waals surface area contributed by atoms with Gasteiger partial charge in [0.05, 0.1) is 11.6 Å². The minimum absolute atomic E-state index is 0.0821. The molecule has 0 bridgehead atoms. The van der Waals surface area contributed by atoms with Gasteiger partial charge in [-0.25, -0.2) is 4.39 Å². The summed E-state index contributed by atoms with van der Waals surface area (Å²) in [6.45, 7) is 0.681. The maximum atomic E-state index is 13.8. The molecule has 1 aromatic rings. The molecule has 25 heavy (non-hydrogen) atoms. The summed E-state index contributed by atoms with van der Waals surface area (Å²) in [6.07, 6.45) is 3.31. The second kappa shape index (κ2) is 9.15. The fourth-order valence-electron chi connectivity index (χ4n) is 2.90. The molecule has 0 saturated carbocycles. The van der Waals surface area contributed by atoms with E-state index in [1.165, 1.54) is 17.0 Å². The van der Waals surface area contributed by atoms with E-state index in [2.05, 4.69) is 5.32 Å². The van der Waals surface area contributed by atoms with E-state index in [1.807, 2.05) is 0 Å². The van der Waals surface area contributed by atoms with Crippen LogP contribution in [0.3, 0.4) is 0 Å². The first-order chi connectivity index (χ1) is 12.0. The first-order valence-corrected chi connectivity index (χ1v) is 8.53. The monoisotopic (exact) mass is 350 g/mol. The number of hydrogen-bond acceptors (Lipinski definition) is 3. The van der Waals surface area contributed by atoms with Crippen molar-refractivity contribution in [3.8, 4) is 0 Å². The van der Waals surface area contributed by atoms with E-state index in [9.17, 15) is 18.8 Å². The number of para-hydroxylation sites is 1. The fourth-order valence-corrected chi connectivity index (χ4v) is 2.90. The zero-order valence-corrected chi connectivity index (χ0v) is 14.0. The van der Waals surface area contributed by atoms with Crippen molar-refractivity contribution in [1.82, 2.24) is 5.32 Å². The van der Waals surface area contributed by atoms with Gasteiger partial charge in [-0.15, -0.1) is 0 Å². The molecule has 136 valence electrons. The Morgan fingerprint density at radius 1 is 1.20 bits per heavy atom. The van der Waals surface area contributed by atoms with E-state index in [1.54, 1.807) is 12.1 Å². The molecule has 2 N–H and O–H groups in total. The summed E-state index contributed by atoms with van der Waals surface area (Å²) >= 11 is 0. The van der Waals surface area contributed by atoms with E-state index in [-0.39, 0.29) is 36.9 Å². The summed E-state index contributed by atoms with van der Waals surface area (Å²) in [5.74, 6) is -2.19. The second-order valence-electron chi connectivity index (χ2n) is 6.21. The Morgan fingerprint density at radius 3 is 2.64 bits per heavy atom.